The standard InChI is InChI=1S/C19H19Cl2NO/c1-12(14-7-6-13-4-2-3-5-15(13)10-14)22-19(23)17-11-16(20)8-9-18(17)21/h6-12H,2-5H2,1H3,(H,22,23). The lowest BCUT2D eigenvalue weighted by atomic mass is 9.89. The summed E-state index contributed by atoms with van der Waals surface area (Å²) in [5.74, 6) is -0.206. The Kier molecular flexibility index (Phi) is 4.93. The van der Waals surface area contributed by atoms with E-state index in [0.29, 0.717) is 15.6 Å². The zero-order chi connectivity index (χ0) is 16.4. The number of rotatable bonds is 3. The average molecular weight is 348 g/mol. The van der Waals surface area contributed by atoms with Gasteiger partial charge >= 0.3 is 0 Å². The van der Waals surface area contributed by atoms with Gasteiger partial charge in [0.2, 0.25) is 0 Å². The first kappa shape index (κ1) is 16.4. The molecule has 1 unspecified atom stereocenters. The van der Waals surface area contributed by atoms with E-state index in [1.54, 1.807) is 18.2 Å². The Labute approximate surface area is 146 Å². The molecule has 0 fully saturated rings. The normalized spacial score (nSPS) is 14.9. The van der Waals surface area contributed by atoms with Gasteiger partial charge in [-0.05, 0) is 67.5 Å². The smallest absolute Gasteiger partial charge is 0.253 e. The Morgan fingerprint density at radius 1 is 1.04 bits per heavy atom. The van der Waals surface area contributed by atoms with Crippen molar-refractivity contribution in [1.29, 1.82) is 0 Å². The van der Waals surface area contributed by atoms with Crippen LogP contribution >= 0.6 is 23.2 Å². The summed E-state index contributed by atoms with van der Waals surface area (Å²) in [6, 6.07) is 11.4. The molecule has 0 bridgehead atoms. The molecule has 3 rings (SSSR count). The van der Waals surface area contributed by atoms with E-state index in [9.17, 15) is 4.79 Å². The number of aryl methyl sites for hydroxylation is 2. The van der Waals surface area contributed by atoms with Crippen LogP contribution in [0, 0.1) is 0 Å². The van der Waals surface area contributed by atoms with Gasteiger partial charge < -0.3 is 5.32 Å². The van der Waals surface area contributed by atoms with E-state index < -0.39 is 0 Å². The number of hydrogen-bond acceptors (Lipinski definition) is 1. The Morgan fingerprint density at radius 2 is 1.78 bits per heavy atom. The molecule has 2 aromatic carbocycles. The number of benzene rings is 2. The van der Waals surface area contributed by atoms with E-state index in [1.807, 2.05) is 6.92 Å². The SMILES string of the molecule is CC(NC(=O)c1cc(Cl)ccc1Cl)c1ccc2c(c1)CCCC2. The lowest BCUT2D eigenvalue weighted by Gasteiger charge is -2.20. The molecule has 0 aromatic heterocycles. The highest BCUT2D eigenvalue weighted by Crippen LogP contribution is 2.26. The van der Waals surface area contributed by atoms with Crippen LogP contribution in [0.1, 0.15) is 52.9 Å². The maximum Gasteiger partial charge on any atom is 0.253 e. The van der Waals surface area contributed by atoms with Crippen molar-refractivity contribution in [3.05, 3.63) is 68.7 Å². The molecule has 0 saturated heterocycles. The van der Waals surface area contributed by atoms with Gasteiger partial charge in [0, 0.05) is 5.02 Å². The number of carbonyl (C=O) groups excluding carboxylic acids is 1. The summed E-state index contributed by atoms with van der Waals surface area (Å²) in [6.45, 7) is 1.99. The van der Waals surface area contributed by atoms with Gasteiger partial charge in [-0.2, -0.15) is 0 Å². The van der Waals surface area contributed by atoms with E-state index in [-0.39, 0.29) is 11.9 Å². The molecule has 0 heterocycles. The maximum absolute atomic E-state index is 12.4. The second kappa shape index (κ2) is 6.94. The molecular formula is C19H19Cl2NO. The first-order chi connectivity index (χ1) is 11.0. The van der Waals surface area contributed by atoms with Crippen molar-refractivity contribution < 1.29 is 4.79 Å². The Hall–Kier alpha value is -1.51. The van der Waals surface area contributed by atoms with Gasteiger partial charge in [-0.25, -0.2) is 0 Å². The molecule has 1 aliphatic rings. The van der Waals surface area contributed by atoms with Crippen LogP contribution in [0.3, 0.4) is 0 Å². The zero-order valence-corrected chi connectivity index (χ0v) is 14.5. The molecule has 1 amide bonds. The molecule has 4 heteroatoms. The largest absolute Gasteiger partial charge is 0.345 e. The summed E-state index contributed by atoms with van der Waals surface area (Å²) in [5, 5.41) is 3.91. The molecule has 1 atom stereocenters. The molecule has 23 heavy (non-hydrogen) atoms. The second-order valence-corrected chi connectivity index (χ2v) is 6.90. The molecule has 0 saturated carbocycles. The minimum atomic E-state index is -0.206. The van der Waals surface area contributed by atoms with E-state index in [0.717, 1.165) is 18.4 Å². The van der Waals surface area contributed by atoms with Gasteiger partial charge in [-0.3, -0.25) is 4.79 Å². The maximum atomic E-state index is 12.4. The lowest BCUT2D eigenvalue weighted by Crippen LogP contribution is -2.27. The fourth-order valence-electron chi connectivity index (χ4n) is 3.05. The van der Waals surface area contributed by atoms with Crippen LogP contribution < -0.4 is 5.32 Å². The fourth-order valence-corrected chi connectivity index (χ4v) is 3.43. The third kappa shape index (κ3) is 3.70. The molecule has 1 N–H and O–H groups in total. The van der Waals surface area contributed by atoms with Crippen LogP contribution in [0.2, 0.25) is 10.0 Å². The van der Waals surface area contributed by atoms with Crippen molar-refractivity contribution in [2.75, 3.05) is 0 Å². The number of fused-ring (bicyclic) bond motifs is 1. The molecule has 0 radical (unpaired) electrons. The third-order valence-corrected chi connectivity index (χ3v) is 4.96. The Morgan fingerprint density at radius 3 is 2.57 bits per heavy atom. The number of nitrogens with one attached hydrogen (secondary N) is 1. The second-order valence-electron chi connectivity index (χ2n) is 6.05. The summed E-state index contributed by atoms with van der Waals surface area (Å²) in [7, 11) is 0. The summed E-state index contributed by atoms with van der Waals surface area (Å²) in [6.07, 6.45) is 4.81. The summed E-state index contributed by atoms with van der Waals surface area (Å²) in [5.41, 5.74) is 4.38. The molecule has 0 aliphatic heterocycles. The van der Waals surface area contributed by atoms with Gasteiger partial charge in [0.15, 0.2) is 0 Å². The number of halogens is 2. The lowest BCUT2D eigenvalue weighted by molar-refractivity contribution is 0.0940. The third-order valence-electron chi connectivity index (χ3n) is 4.39. The van der Waals surface area contributed by atoms with Crippen LogP contribution in [-0.2, 0) is 12.8 Å². The zero-order valence-electron chi connectivity index (χ0n) is 13.0. The number of amides is 1. The highest BCUT2D eigenvalue weighted by atomic mass is 35.5. The van der Waals surface area contributed by atoms with Gasteiger partial charge in [-0.1, -0.05) is 41.4 Å². The highest BCUT2D eigenvalue weighted by molar-refractivity contribution is 6.35. The van der Waals surface area contributed by atoms with Crippen molar-refractivity contribution in [1.82, 2.24) is 5.32 Å². The van der Waals surface area contributed by atoms with Gasteiger partial charge in [0.1, 0.15) is 0 Å². The van der Waals surface area contributed by atoms with Crippen molar-refractivity contribution in [3.8, 4) is 0 Å². The van der Waals surface area contributed by atoms with E-state index >= 15 is 0 Å². The van der Waals surface area contributed by atoms with Crippen molar-refractivity contribution in [2.45, 2.75) is 38.6 Å². The van der Waals surface area contributed by atoms with E-state index in [4.69, 9.17) is 23.2 Å². The van der Waals surface area contributed by atoms with E-state index in [2.05, 4.69) is 23.5 Å². The first-order valence-corrected chi connectivity index (χ1v) is 8.68. The van der Waals surface area contributed by atoms with Gasteiger partial charge in [0.25, 0.3) is 5.91 Å². The summed E-state index contributed by atoms with van der Waals surface area (Å²) < 4.78 is 0. The molecular weight excluding hydrogens is 329 g/mol. The monoisotopic (exact) mass is 347 g/mol. The number of hydrogen-bond donors (Lipinski definition) is 1. The minimum absolute atomic E-state index is 0.0789. The first-order valence-electron chi connectivity index (χ1n) is 7.92. The number of carbonyl (C=O) groups is 1. The quantitative estimate of drug-likeness (QED) is 0.795. The van der Waals surface area contributed by atoms with Crippen molar-refractivity contribution >= 4 is 29.1 Å². The molecule has 0 spiro atoms. The van der Waals surface area contributed by atoms with Gasteiger partial charge in [-0.15, -0.1) is 0 Å². The predicted octanol–water partition coefficient (Wildman–Crippen LogP) is 5.36. The van der Waals surface area contributed by atoms with Crippen molar-refractivity contribution in [2.24, 2.45) is 0 Å². The summed E-state index contributed by atoms with van der Waals surface area (Å²) in [4.78, 5) is 12.4. The fraction of sp³-hybridized carbons (Fsp3) is 0.316. The minimum Gasteiger partial charge on any atom is -0.345 e. The Balaban J connectivity index is 1.77. The van der Waals surface area contributed by atoms with Crippen LogP contribution in [-0.4, -0.2) is 5.91 Å². The van der Waals surface area contributed by atoms with Crippen LogP contribution in [0.5, 0.6) is 0 Å². The van der Waals surface area contributed by atoms with Gasteiger partial charge in [0.05, 0.1) is 16.6 Å². The molecule has 120 valence electrons. The van der Waals surface area contributed by atoms with Crippen molar-refractivity contribution in [3.63, 3.8) is 0 Å². The molecule has 2 nitrogen and oxygen atoms in total. The average Bonchev–Trinajstić information content (AvgIpc) is 2.56. The topological polar surface area (TPSA) is 29.1 Å². The van der Waals surface area contributed by atoms with Crippen LogP contribution in [0.25, 0.3) is 0 Å². The molecule has 1 aliphatic carbocycles. The van der Waals surface area contributed by atoms with Crippen LogP contribution in [0.4, 0.5) is 0 Å². The van der Waals surface area contributed by atoms with E-state index in [1.165, 1.54) is 24.0 Å². The highest BCUT2D eigenvalue weighted by Gasteiger charge is 2.16. The molecule has 2 aromatic rings. The van der Waals surface area contributed by atoms with Crippen LogP contribution in [0.15, 0.2) is 36.4 Å². The summed E-state index contributed by atoms with van der Waals surface area (Å²) >= 11 is 12.1. The predicted molar refractivity (Wildman–Crippen MR) is 95.4 cm³/mol. The Bertz CT molecular complexity index is 742.